The van der Waals surface area contributed by atoms with Crippen molar-refractivity contribution in [1.82, 2.24) is 0 Å². The summed E-state index contributed by atoms with van der Waals surface area (Å²) < 4.78 is 24.6. The average Bonchev–Trinajstić information content (AvgIpc) is 2.97. The lowest BCUT2D eigenvalue weighted by Crippen LogP contribution is -2.08. The summed E-state index contributed by atoms with van der Waals surface area (Å²) in [7, 11) is -3.17. The van der Waals surface area contributed by atoms with Crippen molar-refractivity contribution in [3.8, 4) is 0 Å². The molecule has 2 N–H and O–H groups in total. The lowest BCUT2D eigenvalue weighted by Gasteiger charge is -2.06. The highest BCUT2D eigenvalue weighted by Gasteiger charge is 2.25. The highest BCUT2D eigenvalue weighted by atomic mass is 79.9. The highest BCUT2D eigenvalue weighted by molar-refractivity contribution is 9.10. The third-order valence-corrected chi connectivity index (χ3v) is 5.50. The standard InChI is InChI=1S/C11H14BrNO2S/c12-10-7-9(13)3-4-11(10)16(14,15)6-5-8-1-2-8/h3-4,7-8H,1-2,5-6,13H2. The molecule has 16 heavy (non-hydrogen) atoms. The Kier molecular flexibility index (Phi) is 3.26. The molecular formula is C11H14BrNO2S. The number of sulfone groups is 1. The van der Waals surface area contributed by atoms with Crippen LogP contribution in [0.5, 0.6) is 0 Å². The molecule has 0 atom stereocenters. The topological polar surface area (TPSA) is 60.2 Å². The molecule has 0 unspecified atom stereocenters. The Morgan fingerprint density at radius 1 is 1.38 bits per heavy atom. The van der Waals surface area contributed by atoms with E-state index in [2.05, 4.69) is 15.9 Å². The monoisotopic (exact) mass is 303 g/mol. The molecule has 1 aromatic rings. The van der Waals surface area contributed by atoms with Gasteiger partial charge in [-0.3, -0.25) is 0 Å². The first-order valence-electron chi connectivity index (χ1n) is 5.27. The normalized spacial score (nSPS) is 16.3. The summed E-state index contributed by atoms with van der Waals surface area (Å²) in [5, 5.41) is 0. The second kappa shape index (κ2) is 4.37. The summed E-state index contributed by atoms with van der Waals surface area (Å²) in [6.07, 6.45) is 3.13. The molecule has 0 aliphatic heterocycles. The molecule has 1 aliphatic rings. The quantitative estimate of drug-likeness (QED) is 0.870. The molecule has 1 saturated carbocycles. The number of anilines is 1. The molecule has 0 radical (unpaired) electrons. The van der Waals surface area contributed by atoms with Crippen molar-refractivity contribution in [2.45, 2.75) is 24.2 Å². The molecule has 0 bridgehead atoms. The van der Waals surface area contributed by atoms with Crippen LogP contribution in [0.1, 0.15) is 19.3 Å². The number of hydrogen-bond donors (Lipinski definition) is 1. The number of benzene rings is 1. The Balaban J connectivity index is 2.20. The van der Waals surface area contributed by atoms with Crippen LogP contribution in [0, 0.1) is 5.92 Å². The second-order valence-corrected chi connectivity index (χ2v) is 7.17. The Morgan fingerprint density at radius 3 is 2.62 bits per heavy atom. The van der Waals surface area contributed by atoms with Crippen molar-refractivity contribution in [1.29, 1.82) is 0 Å². The van der Waals surface area contributed by atoms with Crippen LogP contribution >= 0.6 is 15.9 Å². The van der Waals surface area contributed by atoms with E-state index in [4.69, 9.17) is 5.73 Å². The predicted octanol–water partition coefficient (Wildman–Crippen LogP) is 2.61. The summed E-state index contributed by atoms with van der Waals surface area (Å²) in [4.78, 5) is 0.349. The Bertz CT molecular complexity index is 495. The summed E-state index contributed by atoms with van der Waals surface area (Å²) >= 11 is 3.25. The Labute approximate surface area is 104 Å². The fourth-order valence-corrected chi connectivity index (χ4v) is 4.24. The first kappa shape index (κ1) is 11.9. The van der Waals surface area contributed by atoms with Crippen molar-refractivity contribution >= 4 is 31.5 Å². The van der Waals surface area contributed by atoms with Gasteiger partial charge < -0.3 is 5.73 Å². The third kappa shape index (κ3) is 2.77. The maximum atomic E-state index is 12.0. The molecule has 0 aromatic heterocycles. The van der Waals surface area contributed by atoms with Crippen molar-refractivity contribution in [2.24, 2.45) is 5.92 Å². The number of halogens is 1. The van der Waals surface area contributed by atoms with E-state index in [9.17, 15) is 8.42 Å². The van der Waals surface area contributed by atoms with Gasteiger partial charge in [-0.05, 0) is 46.5 Å². The largest absolute Gasteiger partial charge is 0.399 e. The molecular weight excluding hydrogens is 290 g/mol. The van der Waals surface area contributed by atoms with Gasteiger partial charge in [-0.1, -0.05) is 12.8 Å². The highest BCUT2D eigenvalue weighted by Crippen LogP contribution is 2.34. The van der Waals surface area contributed by atoms with Gasteiger partial charge in [-0.15, -0.1) is 0 Å². The van der Waals surface area contributed by atoms with Gasteiger partial charge in [0, 0.05) is 10.2 Å². The maximum absolute atomic E-state index is 12.0. The van der Waals surface area contributed by atoms with Gasteiger partial charge in [0.2, 0.25) is 0 Å². The van der Waals surface area contributed by atoms with Crippen LogP contribution in [-0.2, 0) is 9.84 Å². The van der Waals surface area contributed by atoms with Gasteiger partial charge in [-0.2, -0.15) is 0 Å². The average molecular weight is 304 g/mol. The second-order valence-electron chi connectivity index (χ2n) is 4.24. The SMILES string of the molecule is Nc1ccc(S(=O)(=O)CCC2CC2)c(Br)c1. The fourth-order valence-electron chi connectivity index (χ4n) is 1.61. The minimum Gasteiger partial charge on any atom is -0.399 e. The molecule has 1 aromatic carbocycles. The van der Waals surface area contributed by atoms with E-state index >= 15 is 0 Å². The molecule has 0 heterocycles. The zero-order valence-electron chi connectivity index (χ0n) is 8.82. The zero-order chi connectivity index (χ0) is 11.8. The van der Waals surface area contributed by atoms with E-state index in [1.54, 1.807) is 18.2 Å². The van der Waals surface area contributed by atoms with Crippen LogP contribution < -0.4 is 5.73 Å². The summed E-state index contributed by atoms with van der Waals surface area (Å²) in [5.74, 6) is 0.863. The van der Waals surface area contributed by atoms with Crippen LogP contribution in [-0.4, -0.2) is 14.2 Å². The van der Waals surface area contributed by atoms with E-state index < -0.39 is 9.84 Å². The van der Waals surface area contributed by atoms with E-state index in [0.717, 1.165) is 6.42 Å². The molecule has 0 saturated heterocycles. The molecule has 88 valence electrons. The Hall–Kier alpha value is -0.550. The number of nitrogen functional groups attached to an aromatic ring is 1. The van der Waals surface area contributed by atoms with Crippen molar-refractivity contribution in [2.75, 3.05) is 11.5 Å². The molecule has 0 spiro atoms. The van der Waals surface area contributed by atoms with Crippen LogP contribution in [0.3, 0.4) is 0 Å². The van der Waals surface area contributed by atoms with Crippen LogP contribution in [0.15, 0.2) is 27.6 Å². The van der Waals surface area contributed by atoms with Gasteiger partial charge in [0.1, 0.15) is 0 Å². The lowest BCUT2D eigenvalue weighted by atomic mass is 10.3. The minimum absolute atomic E-state index is 0.236. The predicted molar refractivity (Wildman–Crippen MR) is 67.9 cm³/mol. The van der Waals surface area contributed by atoms with Crippen LogP contribution in [0.2, 0.25) is 0 Å². The molecule has 1 fully saturated rings. The van der Waals surface area contributed by atoms with Crippen molar-refractivity contribution in [3.05, 3.63) is 22.7 Å². The maximum Gasteiger partial charge on any atom is 0.179 e. The summed E-state index contributed by atoms with van der Waals surface area (Å²) in [5.41, 5.74) is 6.14. The summed E-state index contributed by atoms with van der Waals surface area (Å²) in [6.45, 7) is 0. The summed E-state index contributed by atoms with van der Waals surface area (Å²) in [6, 6.07) is 4.82. The van der Waals surface area contributed by atoms with Crippen molar-refractivity contribution in [3.63, 3.8) is 0 Å². The molecule has 1 aliphatic carbocycles. The molecule has 2 rings (SSSR count). The van der Waals surface area contributed by atoms with Crippen molar-refractivity contribution < 1.29 is 8.42 Å². The van der Waals surface area contributed by atoms with Gasteiger partial charge in [0.15, 0.2) is 9.84 Å². The van der Waals surface area contributed by atoms with E-state index in [1.807, 2.05) is 0 Å². The van der Waals surface area contributed by atoms with E-state index in [-0.39, 0.29) is 5.75 Å². The fraction of sp³-hybridized carbons (Fsp3) is 0.455. The number of nitrogens with two attached hydrogens (primary N) is 1. The van der Waals surface area contributed by atoms with Crippen LogP contribution in [0.25, 0.3) is 0 Å². The smallest absolute Gasteiger partial charge is 0.179 e. The van der Waals surface area contributed by atoms with Gasteiger partial charge in [0.25, 0.3) is 0 Å². The minimum atomic E-state index is -3.17. The van der Waals surface area contributed by atoms with Crippen LogP contribution in [0.4, 0.5) is 5.69 Å². The van der Waals surface area contributed by atoms with Gasteiger partial charge >= 0.3 is 0 Å². The zero-order valence-corrected chi connectivity index (χ0v) is 11.2. The molecule has 3 nitrogen and oxygen atoms in total. The number of hydrogen-bond acceptors (Lipinski definition) is 3. The van der Waals surface area contributed by atoms with E-state index in [1.165, 1.54) is 12.8 Å². The lowest BCUT2D eigenvalue weighted by molar-refractivity contribution is 0.590. The molecule has 0 amide bonds. The van der Waals surface area contributed by atoms with Gasteiger partial charge in [0.05, 0.1) is 10.6 Å². The van der Waals surface area contributed by atoms with Gasteiger partial charge in [-0.25, -0.2) is 8.42 Å². The number of rotatable bonds is 4. The third-order valence-electron chi connectivity index (χ3n) is 2.78. The Morgan fingerprint density at radius 2 is 2.06 bits per heavy atom. The van der Waals surface area contributed by atoms with E-state index in [0.29, 0.717) is 21.0 Å². The first-order chi connectivity index (χ1) is 7.49. The molecule has 5 heteroatoms. The first-order valence-corrected chi connectivity index (χ1v) is 7.71.